The molecule has 5 rings (SSSR count). The van der Waals surface area contributed by atoms with Gasteiger partial charge in [-0.05, 0) is 83.3 Å². The number of halogens is 4. The van der Waals surface area contributed by atoms with Gasteiger partial charge in [0.15, 0.2) is 0 Å². The first-order valence-electron chi connectivity index (χ1n) is 11.6. The molecule has 1 N–H and O–H groups in total. The summed E-state index contributed by atoms with van der Waals surface area (Å²) >= 11 is 0. The quantitative estimate of drug-likeness (QED) is 0.399. The van der Waals surface area contributed by atoms with Gasteiger partial charge >= 0.3 is 6.18 Å². The first kappa shape index (κ1) is 22.9. The SMILES string of the molecule is CC(C)c1cc2c(c(-c3ccc(F)cc3)c1Cc1ccc(C(F)(F)F)cc1)[C@@H](O)CC1(CC1)O2. The average molecular weight is 471 g/mol. The fraction of sp³-hybridized carbons (Fsp3) is 0.357. The van der Waals surface area contributed by atoms with E-state index in [9.17, 15) is 22.7 Å². The predicted octanol–water partition coefficient (Wildman–Crippen LogP) is 7.57. The Bertz CT molecular complexity index is 1210. The zero-order valence-corrected chi connectivity index (χ0v) is 19.0. The van der Waals surface area contributed by atoms with Crippen LogP contribution in [-0.4, -0.2) is 10.7 Å². The Morgan fingerprint density at radius 2 is 1.68 bits per heavy atom. The Morgan fingerprint density at radius 3 is 2.24 bits per heavy atom. The number of alkyl halides is 3. The molecule has 0 saturated heterocycles. The van der Waals surface area contributed by atoms with E-state index in [1.807, 2.05) is 6.07 Å². The van der Waals surface area contributed by atoms with E-state index in [4.69, 9.17) is 4.74 Å². The topological polar surface area (TPSA) is 29.5 Å². The highest BCUT2D eigenvalue weighted by atomic mass is 19.4. The highest BCUT2D eigenvalue weighted by Crippen LogP contribution is 2.55. The van der Waals surface area contributed by atoms with Gasteiger partial charge in [0, 0.05) is 12.0 Å². The van der Waals surface area contributed by atoms with E-state index >= 15 is 0 Å². The summed E-state index contributed by atoms with van der Waals surface area (Å²) < 4.78 is 59.3. The summed E-state index contributed by atoms with van der Waals surface area (Å²) in [6.07, 6.45) is -2.45. The van der Waals surface area contributed by atoms with Gasteiger partial charge < -0.3 is 9.84 Å². The smallest absolute Gasteiger partial charge is 0.416 e. The van der Waals surface area contributed by atoms with Crippen molar-refractivity contribution in [1.29, 1.82) is 0 Å². The summed E-state index contributed by atoms with van der Waals surface area (Å²) in [7, 11) is 0. The van der Waals surface area contributed by atoms with E-state index in [1.54, 1.807) is 12.1 Å². The normalized spacial score (nSPS) is 18.6. The number of hydrogen-bond acceptors (Lipinski definition) is 2. The van der Waals surface area contributed by atoms with E-state index in [1.165, 1.54) is 24.3 Å². The summed E-state index contributed by atoms with van der Waals surface area (Å²) in [6.45, 7) is 4.11. The van der Waals surface area contributed by atoms with Crippen LogP contribution in [0, 0.1) is 5.82 Å². The molecule has 0 bridgehead atoms. The molecule has 1 fully saturated rings. The molecular formula is C28H26F4O2. The van der Waals surface area contributed by atoms with Crippen LogP contribution in [0.25, 0.3) is 11.1 Å². The molecule has 1 aliphatic carbocycles. The minimum Gasteiger partial charge on any atom is -0.487 e. The van der Waals surface area contributed by atoms with Crippen molar-refractivity contribution in [2.24, 2.45) is 0 Å². The predicted molar refractivity (Wildman–Crippen MR) is 122 cm³/mol. The van der Waals surface area contributed by atoms with Crippen LogP contribution in [-0.2, 0) is 12.6 Å². The first-order valence-corrected chi connectivity index (χ1v) is 11.6. The number of hydrogen-bond donors (Lipinski definition) is 1. The molecular weight excluding hydrogens is 444 g/mol. The van der Waals surface area contributed by atoms with Gasteiger partial charge in [0.25, 0.3) is 0 Å². The highest BCUT2D eigenvalue weighted by molar-refractivity contribution is 5.77. The molecule has 2 aliphatic rings. The third-order valence-corrected chi connectivity index (χ3v) is 6.92. The Kier molecular flexibility index (Phi) is 5.47. The van der Waals surface area contributed by atoms with Crippen LogP contribution in [0.4, 0.5) is 17.6 Å². The number of rotatable bonds is 4. The Morgan fingerprint density at radius 1 is 1.03 bits per heavy atom. The van der Waals surface area contributed by atoms with Gasteiger partial charge in [0.05, 0.1) is 11.7 Å². The third-order valence-electron chi connectivity index (χ3n) is 6.92. The standard InChI is InChI=1S/C28H26F4O2/c1-16(2)21-14-24-26(23(33)15-27(34-24)11-12-27)25(18-5-9-20(29)10-6-18)22(21)13-17-3-7-19(8-4-17)28(30,31)32/h3-10,14,16,23,33H,11-13,15H2,1-2H3/t23-/m0/s1. The summed E-state index contributed by atoms with van der Waals surface area (Å²) in [5, 5.41) is 11.2. The molecule has 0 aromatic heterocycles. The van der Waals surface area contributed by atoms with Crippen molar-refractivity contribution in [3.63, 3.8) is 0 Å². The van der Waals surface area contributed by atoms with Gasteiger partial charge in [-0.2, -0.15) is 13.2 Å². The molecule has 3 aromatic rings. The molecule has 34 heavy (non-hydrogen) atoms. The van der Waals surface area contributed by atoms with Gasteiger partial charge in [-0.25, -0.2) is 4.39 Å². The van der Waals surface area contributed by atoms with E-state index in [-0.39, 0.29) is 17.3 Å². The van der Waals surface area contributed by atoms with Crippen LogP contribution in [0.5, 0.6) is 5.75 Å². The molecule has 1 atom stereocenters. The Hall–Kier alpha value is -2.86. The molecule has 6 heteroatoms. The maximum Gasteiger partial charge on any atom is 0.416 e. The lowest BCUT2D eigenvalue weighted by Gasteiger charge is -2.34. The molecule has 1 spiro atoms. The van der Waals surface area contributed by atoms with Crippen LogP contribution >= 0.6 is 0 Å². The van der Waals surface area contributed by atoms with Crippen LogP contribution in [0.3, 0.4) is 0 Å². The van der Waals surface area contributed by atoms with Crippen molar-refractivity contribution in [1.82, 2.24) is 0 Å². The van der Waals surface area contributed by atoms with Gasteiger partial charge in [-0.15, -0.1) is 0 Å². The summed E-state index contributed by atoms with van der Waals surface area (Å²) in [4.78, 5) is 0. The maximum absolute atomic E-state index is 13.8. The maximum atomic E-state index is 13.8. The average Bonchev–Trinajstić information content (AvgIpc) is 3.51. The van der Waals surface area contributed by atoms with E-state index in [0.29, 0.717) is 24.2 Å². The fourth-order valence-electron chi connectivity index (χ4n) is 4.99. The second-order valence-electron chi connectivity index (χ2n) is 9.77. The Labute approximate surface area is 196 Å². The lowest BCUT2D eigenvalue weighted by molar-refractivity contribution is -0.137. The monoisotopic (exact) mass is 470 g/mol. The number of aliphatic hydroxyl groups excluding tert-OH is 1. The van der Waals surface area contributed by atoms with Crippen LogP contribution < -0.4 is 4.74 Å². The highest BCUT2D eigenvalue weighted by Gasteiger charge is 2.51. The number of benzene rings is 3. The van der Waals surface area contributed by atoms with Crippen LogP contribution in [0.2, 0.25) is 0 Å². The molecule has 3 aromatic carbocycles. The number of fused-ring (bicyclic) bond motifs is 1. The molecule has 0 radical (unpaired) electrons. The number of ether oxygens (including phenoxy) is 1. The third kappa shape index (κ3) is 4.20. The van der Waals surface area contributed by atoms with E-state index in [2.05, 4.69) is 13.8 Å². The van der Waals surface area contributed by atoms with E-state index < -0.39 is 17.8 Å². The molecule has 178 valence electrons. The minimum atomic E-state index is -4.40. The lowest BCUT2D eigenvalue weighted by Crippen LogP contribution is -2.28. The molecule has 1 aliphatic heterocycles. The molecule has 0 amide bonds. The van der Waals surface area contributed by atoms with Crippen molar-refractivity contribution in [2.75, 3.05) is 0 Å². The summed E-state index contributed by atoms with van der Waals surface area (Å²) in [5.41, 5.74) is 3.84. The van der Waals surface area contributed by atoms with Gasteiger partial charge in [-0.1, -0.05) is 38.1 Å². The van der Waals surface area contributed by atoms with Crippen molar-refractivity contribution < 1.29 is 27.4 Å². The van der Waals surface area contributed by atoms with Gasteiger partial charge in [-0.3, -0.25) is 0 Å². The second kappa shape index (κ2) is 8.12. The molecule has 2 nitrogen and oxygen atoms in total. The van der Waals surface area contributed by atoms with Crippen molar-refractivity contribution >= 4 is 0 Å². The van der Waals surface area contributed by atoms with Crippen LogP contribution in [0.1, 0.15) is 72.9 Å². The van der Waals surface area contributed by atoms with Crippen molar-refractivity contribution in [2.45, 2.75) is 63.3 Å². The summed E-state index contributed by atoms with van der Waals surface area (Å²) in [5.74, 6) is 0.387. The van der Waals surface area contributed by atoms with Gasteiger partial charge in [0.1, 0.15) is 17.2 Å². The van der Waals surface area contributed by atoms with Crippen LogP contribution in [0.15, 0.2) is 54.6 Å². The van der Waals surface area contributed by atoms with E-state index in [0.717, 1.165) is 52.8 Å². The fourth-order valence-corrected chi connectivity index (χ4v) is 4.99. The Balaban J connectivity index is 1.69. The van der Waals surface area contributed by atoms with Gasteiger partial charge in [0.2, 0.25) is 0 Å². The molecule has 0 unspecified atom stereocenters. The largest absolute Gasteiger partial charge is 0.487 e. The zero-order valence-electron chi connectivity index (χ0n) is 19.0. The second-order valence-corrected chi connectivity index (χ2v) is 9.77. The molecule has 1 saturated carbocycles. The van der Waals surface area contributed by atoms with Crippen molar-refractivity contribution in [3.05, 3.63) is 88.2 Å². The lowest BCUT2D eigenvalue weighted by atomic mass is 9.80. The zero-order chi connectivity index (χ0) is 24.3. The van der Waals surface area contributed by atoms with Crippen molar-refractivity contribution in [3.8, 4) is 16.9 Å². The summed E-state index contributed by atoms with van der Waals surface area (Å²) in [6, 6.07) is 13.3. The molecule has 1 heterocycles. The minimum absolute atomic E-state index is 0.103. The number of aliphatic hydroxyl groups is 1. The first-order chi connectivity index (χ1) is 16.1.